The van der Waals surface area contributed by atoms with E-state index in [0.29, 0.717) is 22.9 Å². The van der Waals surface area contributed by atoms with E-state index in [1.54, 1.807) is 23.7 Å². The van der Waals surface area contributed by atoms with Crippen LogP contribution in [-0.4, -0.2) is 10.9 Å². The van der Waals surface area contributed by atoms with Crippen molar-refractivity contribution in [2.24, 2.45) is 0 Å². The van der Waals surface area contributed by atoms with Gasteiger partial charge in [0.05, 0.1) is 17.2 Å². The monoisotopic (exact) mass is 372 g/mol. The van der Waals surface area contributed by atoms with Crippen molar-refractivity contribution in [3.05, 3.63) is 81.3 Å². The van der Waals surface area contributed by atoms with Crippen molar-refractivity contribution in [2.75, 3.05) is 0 Å². The quantitative estimate of drug-likeness (QED) is 0.671. The Labute approximate surface area is 155 Å². The predicted octanol–water partition coefficient (Wildman–Crippen LogP) is 4.87. The zero-order valence-electron chi connectivity index (χ0n) is 13.6. The maximum absolute atomic E-state index is 12.5. The molecule has 0 bridgehead atoms. The van der Waals surface area contributed by atoms with Gasteiger partial charge in [-0.05, 0) is 42.8 Å². The second kappa shape index (κ2) is 8.14. The molecule has 6 heteroatoms. The summed E-state index contributed by atoms with van der Waals surface area (Å²) in [6.45, 7) is 2.32. The number of thiazole rings is 1. The van der Waals surface area contributed by atoms with Crippen LogP contribution in [0.25, 0.3) is 0 Å². The maximum Gasteiger partial charge on any atom is 0.251 e. The summed E-state index contributed by atoms with van der Waals surface area (Å²) >= 11 is 7.42. The van der Waals surface area contributed by atoms with E-state index in [1.165, 1.54) is 11.3 Å². The molecule has 0 spiro atoms. The largest absolute Gasteiger partial charge is 0.487 e. The van der Waals surface area contributed by atoms with Crippen LogP contribution in [-0.2, 0) is 6.61 Å². The number of rotatable bonds is 6. The Morgan fingerprint density at radius 2 is 2.08 bits per heavy atom. The molecule has 1 amide bonds. The summed E-state index contributed by atoms with van der Waals surface area (Å²) < 4.78 is 5.69. The number of carbonyl (C=O) groups excluding carboxylic acids is 1. The second-order valence-electron chi connectivity index (χ2n) is 5.54. The molecule has 3 rings (SSSR count). The maximum atomic E-state index is 12.5. The van der Waals surface area contributed by atoms with Crippen molar-refractivity contribution < 1.29 is 9.53 Å². The Balaban J connectivity index is 1.63. The van der Waals surface area contributed by atoms with Crippen molar-refractivity contribution in [3.63, 3.8) is 0 Å². The minimum atomic E-state index is -0.151. The Morgan fingerprint density at radius 1 is 1.28 bits per heavy atom. The Hall–Kier alpha value is -2.37. The molecule has 0 aliphatic heterocycles. The average molecular weight is 373 g/mol. The first-order valence-electron chi connectivity index (χ1n) is 7.78. The number of amides is 1. The predicted molar refractivity (Wildman–Crippen MR) is 100 cm³/mol. The fourth-order valence-corrected chi connectivity index (χ4v) is 2.98. The molecule has 4 nitrogen and oxygen atoms in total. The number of benzene rings is 2. The van der Waals surface area contributed by atoms with Crippen LogP contribution in [0, 0.1) is 0 Å². The van der Waals surface area contributed by atoms with Gasteiger partial charge in [-0.2, -0.15) is 0 Å². The highest BCUT2D eigenvalue weighted by atomic mass is 35.5. The van der Waals surface area contributed by atoms with Crippen LogP contribution in [0.5, 0.6) is 5.75 Å². The van der Waals surface area contributed by atoms with Gasteiger partial charge in [-0.1, -0.05) is 29.8 Å². The molecule has 0 fully saturated rings. The van der Waals surface area contributed by atoms with Crippen LogP contribution >= 0.6 is 22.9 Å². The van der Waals surface area contributed by atoms with E-state index in [2.05, 4.69) is 10.3 Å². The van der Waals surface area contributed by atoms with Gasteiger partial charge >= 0.3 is 0 Å². The third-order valence-electron chi connectivity index (χ3n) is 3.68. The topological polar surface area (TPSA) is 51.2 Å². The fraction of sp³-hybridized carbons (Fsp3) is 0.158. The van der Waals surface area contributed by atoms with Crippen LogP contribution in [0.15, 0.2) is 59.4 Å². The third kappa shape index (κ3) is 4.81. The molecule has 1 unspecified atom stereocenters. The van der Waals surface area contributed by atoms with E-state index in [9.17, 15) is 4.79 Å². The molecule has 1 N–H and O–H groups in total. The van der Waals surface area contributed by atoms with Gasteiger partial charge in [0, 0.05) is 16.0 Å². The van der Waals surface area contributed by atoms with E-state index >= 15 is 0 Å². The van der Waals surface area contributed by atoms with Crippen LogP contribution < -0.4 is 10.1 Å². The lowest BCUT2D eigenvalue weighted by Crippen LogP contribution is -2.26. The molecule has 1 heterocycles. The van der Waals surface area contributed by atoms with Gasteiger partial charge in [0.1, 0.15) is 12.4 Å². The van der Waals surface area contributed by atoms with E-state index in [1.807, 2.05) is 42.6 Å². The molecule has 0 aliphatic rings. The lowest BCUT2D eigenvalue weighted by atomic mass is 10.1. The number of ether oxygens (including phenoxy) is 1. The first kappa shape index (κ1) is 17.5. The van der Waals surface area contributed by atoms with Gasteiger partial charge in [-0.25, -0.2) is 4.98 Å². The second-order valence-corrected chi connectivity index (χ2v) is 6.70. The molecule has 3 aromatic rings. The molecule has 0 saturated heterocycles. The van der Waals surface area contributed by atoms with Crippen molar-refractivity contribution in [3.8, 4) is 5.75 Å². The number of nitrogens with one attached hydrogen (secondary N) is 1. The normalized spacial score (nSPS) is 11.8. The van der Waals surface area contributed by atoms with Crippen molar-refractivity contribution in [2.45, 2.75) is 19.6 Å². The summed E-state index contributed by atoms with van der Waals surface area (Å²) in [6, 6.07) is 14.4. The standard InChI is InChI=1S/C19H17ClN2O2S/c1-13(14-5-7-16(20)8-6-14)22-19(23)15-3-2-4-18(9-15)24-10-17-11-25-12-21-17/h2-9,11-13H,10H2,1H3,(H,22,23). The van der Waals surface area contributed by atoms with Crippen molar-refractivity contribution in [1.29, 1.82) is 0 Å². The lowest BCUT2D eigenvalue weighted by molar-refractivity contribution is 0.0939. The Bertz CT molecular complexity index is 835. The average Bonchev–Trinajstić information content (AvgIpc) is 3.14. The van der Waals surface area contributed by atoms with Crippen LogP contribution in [0.1, 0.15) is 34.6 Å². The zero-order valence-corrected chi connectivity index (χ0v) is 15.2. The van der Waals surface area contributed by atoms with E-state index in [4.69, 9.17) is 16.3 Å². The molecule has 0 saturated carbocycles. The summed E-state index contributed by atoms with van der Waals surface area (Å²) in [5.74, 6) is 0.487. The molecule has 128 valence electrons. The van der Waals surface area contributed by atoms with Crippen LogP contribution in [0.2, 0.25) is 5.02 Å². The fourth-order valence-electron chi connectivity index (χ4n) is 2.31. The summed E-state index contributed by atoms with van der Waals surface area (Å²) in [7, 11) is 0. The molecule has 0 aliphatic carbocycles. The summed E-state index contributed by atoms with van der Waals surface area (Å²) in [6.07, 6.45) is 0. The zero-order chi connectivity index (χ0) is 17.6. The van der Waals surface area contributed by atoms with Gasteiger partial charge in [-0.3, -0.25) is 4.79 Å². The smallest absolute Gasteiger partial charge is 0.251 e. The first-order chi connectivity index (χ1) is 12.1. The van der Waals surface area contributed by atoms with E-state index in [-0.39, 0.29) is 11.9 Å². The molecule has 1 aromatic heterocycles. The molecular formula is C19H17ClN2O2S. The molecule has 25 heavy (non-hydrogen) atoms. The van der Waals surface area contributed by atoms with E-state index in [0.717, 1.165) is 11.3 Å². The molecule has 0 radical (unpaired) electrons. The van der Waals surface area contributed by atoms with Gasteiger partial charge in [0.15, 0.2) is 0 Å². The number of hydrogen-bond acceptors (Lipinski definition) is 4. The van der Waals surface area contributed by atoms with Gasteiger partial charge in [0.2, 0.25) is 0 Å². The minimum absolute atomic E-state index is 0.121. The summed E-state index contributed by atoms with van der Waals surface area (Å²) in [5.41, 5.74) is 4.18. The summed E-state index contributed by atoms with van der Waals surface area (Å²) in [5, 5.41) is 5.59. The first-order valence-corrected chi connectivity index (χ1v) is 9.10. The Kier molecular flexibility index (Phi) is 5.68. The van der Waals surface area contributed by atoms with E-state index < -0.39 is 0 Å². The lowest BCUT2D eigenvalue weighted by Gasteiger charge is -2.15. The highest BCUT2D eigenvalue weighted by molar-refractivity contribution is 7.07. The molecular weight excluding hydrogens is 356 g/mol. The number of carbonyl (C=O) groups is 1. The number of nitrogens with zero attached hydrogens (tertiary/aromatic N) is 1. The number of hydrogen-bond donors (Lipinski definition) is 1. The molecule has 2 aromatic carbocycles. The van der Waals surface area contributed by atoms with Crippen molar-refractivity contribution in [1.82, 2.24) is 10.3 Å². The van der Waals surface area contributed by atoms with Gasteiger partial charge in [-0.15, -0.1) is 11.3 Å². The SMILES string of the molecule is CC(NC(=O)c1cccc(OCc2cscn2)c1)c1ccc(Cl)cc1. The minimum Gasteiger partial charge on any atom is -0.487 e. The molecule has 1 atom stereocenters. The van der Waals surface area contributed by atoms with Crippen LogP contribution in [0.4, 0.5) is 0 Å². The van der Waals surface area contributed by atoms with Crippen molar-refractivity contribution >= 4 is 28.8 Å². The van der Waals surface area contributed by atoms with Gasteiger partial charge < -0.3 is 10.1 Å². The number of halogens is 1. The summed E-state index contributed by atoms with van der Waals surface area (Å²) in [4.78, 5) is 16.6. The van der Waals surface area contributed by atoms with Crippen LogP contribution in [0.3, 0.4) is 0 Å². The van der Waals surface area contributed by atoms with Gasteiger partial charge in [0.25, 0.3) is 5.91 Å². The number of aromatic nitrogens is 1. The highest BCUT2D eigenvalue weighted by Crippen LogP contribution is 2.19. The Morgan fingerprint density at radius 3 is 2.80 bits per heavy atom. The highest BCUT2D eigenvalue weighted by Gasteiger charge is 2.12. The third-order valence-corrected chi connectivity index (χ3v) is 4.57.